The standard InChI is InChI=1S/C21H26FNO3/c1-5-24-19-17-12-16(23-4)9-10-18(17)26-21(2,3)20(19)25-13-14-7-6-8-15(22)11-14/h6-12,19-20,23H,5,13H2,1-4H3. The van der Waals surface area contributed by atoms with Crippen LogP contribution < -0.4 is 10.1 Å². The van der Waals surface area contributed by atoms with Gasteiger partial charge in [0.2, 0.25) is 0 Å². The molecular weight excluding hydrogens is 333 g/mol. The zero-order chi connectivity index (χ0) is 18.7. The highest BCUT2D eigenvalue weighted by Gasteiger charge is 2.45. The second kappa shape index (κ2) is 7.64. The molecule has 1 aliphatic rings. The van der Waals surface area contributed by atoms with Gasteiger partial charge in [-0.15, -0.1) is 0 Å². The van der Waals surface area contributed by atoms with Gasteiger partial charge in [0.25, 0.3) is 0 Å². The largest absolute Gasteiger partial charge is 0.485 e. The Bertz CT molecular complexity index is 763. The number of hydrogen-bond donors (Lipinski definition) is 1. The van der Waals surface area contributed by atoms with Crippen molar-refractivity contribution in [3.8, 4) is 5.75 Å². The molecule has 5 heteroatoms. The maximum absolute atomic E-state index is 13.5. The lowest BCUT2D eigenvalue weighted by Crippen LogP contribution is -2.51. The maximum atomic E-state index is 13.5. The Hall–Kier alpha value is -2.11. The Morgan fingerprint density at radius 1 is 1.15 bits per heavy atom. The van der Waals surface area contributed by atoms with Gasteiger partial charge in [-0.3, -0.25) is 0 Å². The zero-order valence-electron chi connectivity index (χ0n) is 15.7. The average Bonchev–Trinajstić information content (AvgIpc) is 2.60. The van der Waals surface area contributed by atoms with E-state index in [-0.39, 0.29) is 18.0 Å². The van der Waals surface area contributed by atoms with E-state index in [1.165, 1.54) is 12.1 Å². The van der Waals surface area contributed by atoms with E-state index in [4.69, 9.17) is 14.2 Å². The summed E-state index contributed by atoms with van der Waals surface area (Å²) in [6.07, 6.45) is -0.592. The van der Waals surface area contributed by atoms with E-state index in [1.807, 2.05) is 52.1 Å². The van der Waals surface area contributed by atoms with Gasteiger partial charge in [-0.1, -0.05) is 12.1 Å². The summed E-state index contributed by atoms with van der Waals surface area (Å²) < 4.78 is 31.9. The lowest BCUT2D eigenvalue weighted by Gasteiger charge is -2.44. The molecule has 0 radical (unpaired) electrons. The number of rotatable bonds is 6. The first kappa shape index (κ1) is 18.7. The Morgan fingerprint density at radius 2 is 1.96 bits per heavy atom. The Balaban J connectivity index is 1.90. The van der Waals surface area contributed by atoms with Gasteiger partial charge >= 0.3 is 0 Å². The van der Waals surface area contributed by atoms with Gasteiger partial charge in [0.05, 0.1) is 6.61 Å². The minimum atomic E-state index is -0.582. The summed E-state index contributed by atoms with van der Waals surface area (Å²) in [7, 11) is 1.88. The van der Waals surface area contributed by atoms with Crippen molar-refractivity contribution in [2.45, 2.75) is 45.2 Å². The van der Waals surface area contributed by atoms with E-state index < -0.39 is 5.60 Å². The monoisotopic (exact) mass is 359 g/mol. The fraction of sp³-hybridized carbons (Fsp3) is 0.429. The quantitative estimate of drug-likeness (QED) is 0.811. The van der Waals surface area contributed by atoms with Crippen LogP contribution in [0.3, 0.4) is 0 Å². The molecule has 0 saturated carbocycles. The molecule has 1 aliphatic heterocycles. The number of benzene rings is 2. The molecule has 0 amide bonds. The van der Waals surface area contributed by atoms with Crippen LogP contribution in [0, 0.1) is 5.82 Å². The summed E-state index contributed by atoms with van der Waals surface area (Å²) >= 11 is 0. The van der Waals surface area contributed by atoms with Gasteiger partial charge in [-0.2, -0.15) is 0 Å². The summed E-state index contributed by atoms with van der Waals surface area (Å²) in [4.78, 5) is 0. The number of anilines is 1. The number of nitrogens with one attached hydrogen (secondary N) is 1. The molecule has 2 atom stereocenters. The van der Waals surface area contributed by atoms with E-state index in [1.54, 1.807) is 6.07 Å². The van der Waals surface area contributed by atoms with Gasteiger partial charge in [0, 0.05) is 24.9 Å². The molecule has 1 heterocycles. The summed E-state index contributed by atoms with van der Waals surface area (Å²) in [6.45, 7) is 6.80. The highest BCUT2D eigenvalue weighted by Crippen LogP contribution is 2.44. The van der Waals surface area contributed by atoms with Crippen LogP contribution in [0.1, 0.15) is 38.0 Å². The van der Waals surface area contributed by atoms with Crippen LogP contribution in [0.5, 0.6) is 5.75 Å². The fourth-order valence-corrected chi connectivity index (χ4v) is 3.35. The van der Waals surface area contributed by atoms with Crippen molar-refractivity contribution in [2.24, 2.45) is 0 Å². The third-order valence-electron chi connectivity index (χ3n) is 4.60. The van der Waals surface area contributed by atoms with Gasteiger partial charge in [-0.05, 0) is 56.7 Å². The summed E-state index contributed by atoms with van der Waals surface area (Å²) in [5.41, 5.74) is 2.15. The zero-order valence-corrected chi connectivity index (χ0v) is 15.7. The molecule has 140 valence electrons. The molecule has 0 saturated heterocycles. The fourth-order valence-electron chi connectivity index (χ4n) is 3.35. The van der Waals surface area contributed by atoms with Crippen molar-refractivity contribution in [1.29, 1.82) is 0 Å². The Labute approximate surface area is 154 Å². The molecule has 0 aliphatic carbocycles. The number of fused-ring (bicyclic) bond motifs is 1. The smallest absolute Gasteiger partial charge is 0.132 e. The number of hydrogen-bond acceptors (Lipinski definition) is 4. The highest BCUT2D eigenvalue weighted by atomic mass is 19.1. The second-order valence-electron chi connectivity index (χ2n) is 6.95. The predicted molar refractivity (Wildman–Crippen MR) is 100 cm³/mol. The number of ether oxygens (including phenoxy) is 3. The molecule has 2 aromatic carbocycles. The molecule has 1 N–H and O–H groups in total. The molecule has 0 bridgehead atoms. The van der Waals surface area contributed by atoms with Crippen LogP contribution in [-0.4, -0.2) is 25.4 Å². The summed E-state index contributed by atoms with van der Waals surface area (Å²) in [5, 5.41) is 3.15. The van der Waals surface area contributed by atoms with Crippen LogP contribution in [0.15, 0.2) is 42.5 Å². The van der Waals surface area contributed by atoms with Crippen molar-refractivity contribution in [3.05, 3.63) is 59.4 Å². The molecule has 0 spiro atoms. The normalized spacial score (nSPS) is 21.0. The van der Waals surface area contributed by atoms with Crippen LogP contribution in [0.4, 0.5) is 10.1 Å². The first-order valence-corrected chi connectivity index (χ1v) is 8.93. The van der Waals surface area contributed by atoms with Crippen LogP contribution in [-0.2, 0) is 16.1 Å². The van der Waals surface area contributed by atoms with Crippen LogP contribution in [0.25, 0.3) is 0 Å². The van der Waals surface area contributed by atoms with Crippen molar-refractivity contribution in [1.82, 2.24) is 0 Å². The van der Waals surface area contributed by atoms with Gasteiger partial charge in [0.15, 0.2) is 0 Å². The lowest BCUT2D eigenvalue weighted by molar-refractivity contribution is -0.165. The maximum Gasteiger partial charge on any atom is 0.132 e. The molecule has 26 heavy (non-hydrogen) atoms. The van der Waals surface area contributed by atoms with Gasteiger partial charge < -0.3 is 19.5 Å². The van der Waals surface area contributed by atoms with Crippen LogP contribution in [0.2, 0.25) is 0 Å². The summed E-state index contributed by atoms with van der Waals surface area (Å²) in [6, 6.07) is 12.4. The molecule has 4 nitrogen and oxygen atoms in total. The molecule has 0 aromatic heterocycles. The van der Waals surface area contributed by atoms with Crippen molar-refractivity contribution in [2.75, 3.05) is 19.0 Å². The number of halogens is 1. The first-order chi connectivity index (χ1) is 12.4. The molecule has 0 fully saturated rings. The minimum Gasteiger partial charge on any atom is -0.485 e. The van der Waals surface area contributed by atoms with Crippen molar-refractivity contribution in [3.63, 3.8) is 0 Å². The average molecular weight is 359 g/mol. The minimum absolute atomic E-state index is 0.263. The molecule has 3 rings (SSSR count). The third-order valence-corrected chi connectivity index (χ3v) is 4.60. The third kappa shape index (κ3) is 3.84. The van der Waals surface area contributed by atoms with Gasteiger partial charge in [0.1, 0.15) is 29.4 Å². The Kier molecular flexibility index (Phi) is 5.49. The van der Waals surface area contributed by atoms with Crippen LogP contribution >= 0.6 is 0 Å². The molecule has 2 unspecified atom stereocenters. The van der Waals surface area contributed by atoms with E-state index >= 15 is 0 Å². The lowest BCUT2D eigenvalue weighted by atomic mass is 9.87. The molecular formula is C21H26FNO3. The van der Waals surface area contributed by atoms with E-state index in [0.29, 0.717) is 13.2 Å². The van der Waals surface area contributed by atoms with E-state index in [0.717, 1.165) is 22.6 Å². The second-order valence-corrected chi connectivity index (χ2v) is 6.95. The van der Waals surface area contributed by atoms with Crippen molar-refractivity contribution < 1.29 is 18.6 Å². The predicted octanol–water partition coefficient (Wildman–Crippen LogP) is 4.70. The summed E-state index contributed by atoms with van der Waals surface area (Å²) in [5.74, 6) is 0.536. The Morgan fingerprint density at radius 3 is 2.65 bits per heavy atom. The van der Waals surface area contributed by atoms with Gasteiger partial charge in [-0.25, -0.2) is 4.39 Å². The van der Waals surface area contributed by atoms with E-state index in [2.05, 4.69) is 5.32 Å². The topological polar surface area (TPSA) is 39.7 Å². The first-order valence-electron chi connectivity index (χ1n) is 8.93. The highest BCUT2D eigenvalue weighted by molar-refractivity contribution is 5.53. The van der Waals surface area contributed by atoms with Crippen molar-refractivity contribution >= 4 is 5.69 Å². The van der Waals surface area contributed by atoms with E-state index in [9.17, 15) is 4.39 Å². The molecule has 2 aromatic rings. The SMILES string of the molecule is CCOC1c2cc(NC)ccc2OC(C)(C)C1OCc1cccc(F)c1.